The molecule has 7 nitrogen and oxygen atoms in total. The van der Waals surface area contributed by atoms with Crippen LogP contribution in [0.5, 0.6) is 0 Å². The molecule has 38 heavy (non-hydrogen) atoms. The first kappa shape index (κ1) is 26.5. The van der Waals surface area contributed by atoms with Crippen LogP contribution in [-0.4, -0.2) is 27.9 Å². The van der Waals surface area contributed by atoms with E-state index in [9.17, 15) is 9.59 Å². The number of nitrogens with one attached hydrogen (secondary N) is 3. The van der Waals surface area contributed by atoms with Crippen LogP contribution in [0.15, 0.2) is 36.4 Å². The summed E-state index contributed by atoms with van der Waals surface area (Å²) in [5.74, 6) is 1.28. The molecule has 2 aliphatic carbocycles. The van der Waals surface area contributed by atoms with Crippen LogP contribution in [-0.2, 0) is 18.4 Å². The molecule has 5 rings (SSSR count). The summed E-state index contributed by atoms with van der Waals surface area (Å²) >= 11 is 6.51. The van der Waals surface area contributed by atoms with Crippen molar-refractivity contribution in [3.63, 3.8) is 0 Å². The van der Waals surface area contributed by atoms with E-state index in [0.29, 0.717) is 34.7 Å². The molecule has 0 radical (unpaired) electrons. The molecule has 0 unspecified atom stereocenters. The maximum atomic E-state index is 12.8. The number of imidazole rings is 1. The van der Waals surface area contributed by atoms with E-state index in [0.717, 1.165) is 48.8 Å². The minimum Gasteiger partial charge on any atom is -0.352 e. The second-order valence-corrected chi connectivity index (χ2v) is 11.7. The molecular weight excluding hydrogens is 498 g/mol. The molecule has 0 atom stereocenters. The number of hydrogen-bond acceptors (Lipinski definition) is 4. The largest absolute Gasteiger partial charge is 0.352 e. The van der Waals surface area contributed by atoms with Gasteiger partial charge in [0.2, 0.25) is 11.9 Å². The van der Waals surface area contributed by atoms with Crippen LogP contribution < -0.4 is 16.0 Å². The smallest absolute Gasteiger partial charge is 0.251 e. The third-order valence-electron chi connectivity index (χ3n) is 8.40. The van der Waals surface area contributed by atoms with Crippen molar-refractivity contribution in [1.29, 1.82) is 0 Å². The molecule has 1 aromatic heterocycles. The standard InChI is InChI=1S/C30H38ClN5O2/c1-30(14-6-7-15-30)28(38)33-19-21-10-12-23(31)24(16-21)34-29-35-25-17-22(11-13-26(25)36(29)2)27(37)32-18-20-8-4-3-5-9-20/h10-13,16-17,20H,3-9,14-15,18-19H2,1-2H3,(H,32,37)(H,33,38)(H,34,35). The van der Waals surface area contributed by atoms with Crippen LogP contribution >= 0.6 is 11.6 Å². The average molecular weight is 536 g/mol. The molecule has 3 aromatic rings. The fraction of sp³-hybridized carbons (Fsp3) is 0.500. The average Bonchev–Trinajstić information content (AvgIpc) is 3.51. The van der Waals surface area contributed by atoms with E-state index in [1.165, 1.54) is 32.1 Å². The fourth-order valence-corrected chi connectivity index (χ4v) is 6.02. The first-order valence-electron chi connectivity index (χ1n) is 13.9. The second-order valence-electron chi connectivity index (χ2n) is 11.3. The topological polar surface area (TPSA) is 88.1 Å². The van der Waals surface area contributed by atoms with Gasteiger partial charge in [0.25, 0.3) is 5.91 Å². The molecule has 2 aromatic carbocycles. The second kappa shape index (κ2) is 11.4. The maximum Gasteiger partial charge on any atom is 0.251 e. The van der Waals surface area contributed by atoms with E-state index in [1.54, 1.807) is 0 Å². The quantitative estimate of drug-likeness (QED) is 0.308. The Kier molecular flexibility index (Phi) is 7.93. The molecule has 2 aliphatic rings. The molecule has 0 bridgehead atoms. The van der Waals surface area contributed by atoms with Crippen molar-refractivity contribution in [3.8, 4) is 0 Å². The Morgan fingerprint density at radius 2 is 1.79 bits per heavy atom. The summed E-state index contributed by atoms with van der Waals surface area (Å²) in [6.07, 6.45) is 10.4. The van der Waals surface area contributed by atoms with Crippen molar-refractivity contribution in [2.45, 2.75) is 71.3 Å². The van der Waals surface area contributed by atoms with Gasteiger partial charge in [0.1, 0.15) is 0 Å². The van der Waals surface area contributed by atoms with Gasteiger partial charge in [-0.2, -0.15) is 0 Å². The predicted molar refractivity (Wildman–Crippen MR) is 153 cm³/mol. The molecule has 2 fully saturated rings. The van der Waals surface area contributed by atoms with Gasteiger partial charge in [-0.1, -0.05) is 56.7 Å². The molecule has 1 heterocycles. The van der Waals surface area contributed by atoms with Gasteiger partial charge >= 0.3 is 0 Å². The van der Waals surface area contributed by atoms with Crippen molar-refractivity contribution >= 4 is 46.1 Å². The van der Waals surface area contributed by atoms with Crippen molar-refractivity contribution in [2.24, 2.45) is 18.4 Å². The van der Waals surface area contributed by atoms with E-state index >= 15 is 0 Å². The molecule has 3 N–H and O–H groups in total. The first-order valence-corrected chi connectivity index (χ1v) is 14.3. The van der Waals surface area contributed by atoms with Gasteiger partial charge in [0, 0.05) is 31.1 Å². The first-order chi connectivity index (χ1) is 18.3. The Bertz CT molecular complexity index is 1320. The van der Waals surface area contributed by atoms with E-state index in [2.05, 4.69) is 22.9 Å². The summed E-state index contributed by atoms with van der Waals surface area (Å²) in [5, 5.41) is 10.1. The number of rotatable bonds is 8. The lowest BCUT2D eigenvalue weighted by Crippen LogP contribution is -2.36. The van der Waals surface area contributed by atoms with Crippen LogP contribution in [0.3, 0.4) is 0 Å². The Labute approximate surface area is 229 Å². The van der Waals surface area contributed by atoms with Crippen LogP contribution in [0.1, 0.15) is 80.6 Å². The highest BCUT2D eigenvalue weighted by Gasteiger charge is 2.35. The van der Waals surface area contributed by atoms with Gasteiger partial charge in [-0.05, 0) is 67.5 Å². The number of anilines is 2. The molecule has 0 aliphatic heterocycles. The summed E-state index contributed by atoms with van der Waals surface area (Å²) in [5.41, 5.74) is 3.69. The fourth-order valence-electron chi connectivity index (χ4n) is 5.86. The number of carbonyl (C=O) groups excluding carboxylic acids is 2. The summed E-state index contributed by atoms with van der Waals surface area (Å²) in [7, 11) is 1.93. The van der Waals surface area contributed by atoms with Crippen molar-refractivity contribution in [3.05, 3.63) is 52.5 Å². The summed E-state index contributed by atoms with van der Waals surface area (Å²) < 4.78 is 1.95. The number of nitrogens with zero attached hydrogens (tertiary/aromatic N) is 2. The summed E-state index contributed by atoms with van der Waals surface area (Å²) in [4.78, 5) is 30.3. The Hall–Kier alpha value is -3.06. The molecular formula is C30H38ClN5O2. The van der Waals surface area contributed by atoms with Crippen LogP contribution in [0.25, 0.3) is 11.0 Å². The molecule has 202 valence electrons. The SMILES string of the molecule is Cn1c(Nc2cc(CNC(=O)C3(C)CCCC3)ccc2Cl)nc2cc(C(=O)NCC3CCCCC3)ccc21. The van der Waals surface area contributed by atoms with Gasteiger partial charge in [-0.15, -0.1) is 0 Å². The minimum absolute atomic E-state index is 0.0538. The minimum atomic E-state index is -0.258. The zero-order chi connectivity index (χ0) is 26.7. The van der Waals surface area contributed by atoms with E-state index in [-0.39, 0.29) is 17.2 Å². The lowest BCUT2D eigenvalue weighted by Gasteiger charge is -2.22. The van der Waals surface area contributed by atoms with Crippen LogP contribution in [0, 0.1) is 11.3 Å². The van der Waals surface area contributed by atoms with Gasteiger partial charge < -0.3 is 20.5 Å². The zero-order valence-electron chi connectivity index (χ0n) is 22.4. The van der Waals surface area contributed by atoms with E-state index in [4.69, 9.17) is 16.6 Å². The lowest BCUT2D eigenvalue weighted by atomic mass is 9.88. The highest BCUT2D eigenvalue weighted by molar-refractivity contribution is 6.33. The van der Waals surface area contributed by atoms with Gasteiger partial charge in [-0.3, -0.25) is 9.59 Å². The third kappa shape index (κ3) is 5.83. The maximum absolute atomic E-state index is 12.8. The number of amides is 2. The molecule has 8 heteroatoms. The molecule has 0 spiro atoms. The predicted octanol–water partition coefficient (Wildman–Crippen LogP) is 6.48. The lowest BCUT2D eigenvalue weighted by molar-refractivity contribution is -0.130. The Morgan fingerprint density at radius 1 is 1.03 bits per heavy atom. The van der Waals surface area contributed by atoms with E-state index < -0.39 is 0 Å². The van der Waals surface area contributed by atoms with Crippen molar-refractivity contribution in [2.75, 3.05) is 11.9 Å². The number of aromatic nitrogens is 2. The van der Waals surface area contributed by atoms with Crippen LogP contribution in [0.4, 0.5) is 11.6 Å². The molecule has 2 amide bonds. The number of halogens is 1. The summed E-state index contributed by atoms with van der Waals surface area (Å²) in [6.45, 7) is 3.24. The molecule has 0 saturated heterocycles. The van der Waals surface area contributed by atoms with Crippen molar-refractivity contribution in [1.82, 2.24) is 20.2 Å². The van der Waals surface area contributed by atoms with E-state index in [1.807, 2.05) is 48.0 Å². The zero-order valence-corrected chi connectivity index (χ0v) is 23.2. The monoisotopic (exact) mass is 535 g/mol. The highest BCUT2D eigenvalue weighted by atomic mass is 35.5. The Morgan fingerprint density at radius 3 is 2.55 bits per heavy atom. The number of aryl methyl sites for hydroxylation is 1. The van der Waals surface area contributed by atoms with Gasteiger partial charge in [0.15, 0.2) is 0 Å². The van der Waals surface area contributed by atoms with Crippen LogP contribution in [0.2, 0.25) is 5.02 Å². The summed E-state index contributed by atoms with van der Waals surface area (Å²) in [6, 6.07) is 11.3. The number of benzene rings is 2. The number of fused-ring (bicyclic) bond motifs is 1. The van der Waals surface area contributed by atoms with Gasteiger partial charge in [0.05, 0.1) is 21.7 Å². The number of carbonyl (C=O) groups is 2. The highest BCUT2D eigenvalue weighted by Crippen LogP contribution is 2.37. The molecule has 2 saturated carbocycles. The number of hydrogen-bond donors (Lipinski definition) is 3. The normalized spacial score (nSPS) is 17.4. The van der Waals surface area contributed by atoms with Crippen molar-refractivity contribution < 1.29 is 9.59 Å². The third-order valence-corrected chi connectivity index (χ3v) is 8.73. The Balaban J connectivity index is 1.26. The van der Waals surface area contributed by atoms with Gasteiger partial charge in [-0.25, -0.2) is 4.98 Å².